The summed E-state index contributed by atoms with van der Waals surface area (Å²) in [6.45, 7) is 0. The Kier molecular flexibility index (Phi) is 2.10. The van der Waals surface area contributed by atoms with Crippen molar-refractivity contribution in [2.45, 2.75) is 18.9 Å². The first kappa shape index (κ1) is 8.74. The standard InChI is InChI=1S/C10H12N2S/c1-12-9(8-3-2-6-13-8)10(7-11)4-5-10/h2-3,6,9,12H,4-5H2,1H3. The van der Waals surface area contributed by atoms with Gasteiger partial charge in [-0.25, -0.2) is 0 Å². The second-order valence-electron chi connectivity index (χ2n) is 3.51. The van der Waals surface area contributed by atoms with E-state index in [2.05, 4.69) is 22.8 Å². The molecule has 0 aromatic carbocycles. The maximum atomic E-state index is 9.07. The van der Waals surface area contributed by atoms with Crippen LogP contribution in [0.5, 0.6) is 0 Å². The highest BCUT2D eigenvalue weighted by Gasteiger charge is 2.50. The lowest BCUT2D eigenvalue weighted by molar-refractivity contribution is 0.451. The van der Waals surface area contributed by atoms with Crippen LogP contribution in [0.2, 0.25) is 0 Å². The van der Waals surface area contributed by atoms with Crippen LogP contribution in [-0.4, -0.2) is 7.05 Å². The summed E-state index contributed by atoms with van der Waals surface area (Å²) >= 11 is 1.72. The minimum Gasteiger partial charge on any atom is -0.311 e. The van der Waals surface area contributed by atoms with Gasteiger partial charge in [0.2, 0.25) is 0 Å². The lowest BCUT2D eigenvalue weighted by Gasteiger charge is -2.18. The summed E-state index contributed by atoms with van der Waals surface area (Å²) < 4.78 is 0. The number of rotatable bonds is 3. The van der Waals surface area contributed by atoms with E-state index in [1.165, 1.54) is 4.88 Å². The fraction of sp³-hybridized carbons (Fsp3) is 0.500. The van der Waals surface area contributed by atoms with Gasteiger partial charge >= 0.3 is 0 Å². The molecule has 0 aliphatic heterocycles. The molecular weight excluding hydrogens is 180 g/mol. The Bertz CT molecular complexity index is 319. The average molecular weight is 192 g/mol. The van der Waals surface area contributed by atoms with Crippen LogP contribution >= 0.6 is 11.3 Å². The lowest BCUT2D eigenvalue weighted by atomic mass is 9.97. The Morgan fingerprint density at radius 1 is 1.69 bits per heavy atom. The van der Waals surface area contributed by atoms with E-state index >= 15 is 0 Å². The van der Waals surface area contributed by atoms with Crippen molar-refractivity contribution in [2.75, 3.05) is 7.05 Å². The maximum absolute atomic E-state index is 9.07. The van der Waals surface area contributed by atoms with E-state index in [4.69, 9.17) is 5.26 Å². The third-order valence-corrected chi connectivity index (χ3v) is 3.62. The molecule has 0 bridgehead atoms. The molecule has 1 heterocycles. The Morgan fingerprint density at radius 3 is 2.85 bits per heavy atom. The van der Waals surface area contributed by atoms with Crippen LogP contribution in [0, 0.1) is 16.7 Å². The second kappa shape index (κ2) is 3.13. The molecule has 0 spiro atoms. The van der Waals surface area contributed by atoms with Gasteiger partial charge in [0.1, 0.15) is 0 Å². The molecule has 1 fully saturated rings. The van der Waals surface area contributed by atoms with E-state index in [0.717, 1.165) is 12.8 Å². The summed E-state index contributed by atoms with van der Waals surface area (Å²) in [5.41, 5.74) is -0.112. The topological polar surface area (TPSA) is 35.8 Å². The predicted molar refractivity (Wildman–Crippen MR) is 53.4 cm³/mol. The second-order valence-corrected chi connectivity index (χ2v) is 4.48. The molecule has 1 aromatic heterocycles. The highest BCUT2D eigenvalue weighted by Crippen LogP contribution is 2.54. The van der Waals surface area contributed by atoms with Crippen LogP contribution in [-0.2, 0) is 0 Å². The Balaban J connectivity index is 2.25. The summed E-state index contributed by atoms with van der Waals surface area (Å²) in [5.74, 6) is 0. The van der Waals surface area contributed by atoms with Gasteiger partial charge in [0.05, 0.1) is 17.5 Å². The molecule has 1 aliphatic rings. The normalized spacial score (nSPS) is 20.6. The van der Waals surface area contributed by atoms with Gasteiger partial charge in [-0.3, -0.25) is 0 Å². The molecule has 2 nitrogen and oxygen atoms in total. The minimum atomic E-state index is -0.112. The Labute approximate surface area is 82.2 Å². The number of nitriles is 1. The SMILES string of the molecule is CNC(c1cccs1)C1(C#N)CC1. The monoisotopic (exact) mass is 192 g/mol. The first-order valence-corrected chi connectivity index (χ1v) is 5.32. The number of hydrogen-bond donors (Lipinski definition) is 1. The molecule has 1 N–H and O–H groups in total. The van der Waals surface area contributed by atoms with Crippen LogP contribution in [0.3, 0.4) is 0 Å². The van der Waals surface area contributed by atoms with Gasteiger partial charge in [-0.2, -0.15) is 5.26 Å². The van der Waals surface area contributed by atoms with E-state index < -0.39 is 0 Å². The highest BCUT2D eigenvalue weighted by molar-refractivity contribution is 7.10. The first-order chi connectivity index (χ1) is 6.32. The van der Waals surface area contributed by atoms with Crippen LogP contribution in [0.15, 0.2) is 17.5 Å². The van der Waals surface area contributed by atoms with Gasteiger partial charge in [-0.1, -0.05) is 6.07 Å². The van der Waals surface area contributed by atoms with E-state index in [0.29, 0.717) is 0 Å². The van der Waals surface area contributed by atoms with Gasteiger partial charge in [0, 0.05) is 4.88 Å². The Hall–Kier alpha value is -0.850. The molecule has 0 saturated heterocycles. The van der Waals surface area contributed by atoms with E-state index in [9.17, 15) is 0 Å². The average Bonchev–Trinajstić information content (AvgIpc) is 2.75. The van der Waals surface area contributed by atoms with Gasteiger partial charge in [-0.15, -0.1) is 11.3 Å². The van der Waals surface area contributed by atoms with E-state index in [1.54, 1.807) is 11.3 Å². The molecule has 68 valence electrons. The van der Waals surface area contributed by atoms with Gasteiger partial charge in [-0.05, 0) is 31.3 Å². The molecule has 1 aliphatic carbocycles. The maximum Gasteiger partial charge on any atom is 0.0777 e. The van der Waals surface area contributed by atoms with Gasteiger partial charge < -0.3 is 5.32 Å². The number of nitrogens with zero attached hydrogens (tertiary/aromatic N) is 1. The zero-order valence-electron chi connectivity index (χ0n) is 7.58. The molecular formula is C10H12N2S. The lowest BCUT2D eigenvalue weighted by Crippen LogP contribution is -2.24. The smallest absolute Gasteiger partial charge is 0.0777 e. The molecule has 0 amide bonds. The van der Waals surface area contributed by atoms with E-state index in [-0.39, 0.29) is 11.5 Å². The minimum absolute atomic E-state index is 0.112. The van der Waals surface area contributed by atoms with Crippen molar-refractivity contribution in [3.63, 3.8) is 0 Å². The zero-order valence-corrected chi connectivity index (χ0v) is 8.40. The summed E-state index contributed by atoms with van der Waals surface area (Å²) in [5, 5.41) is 14.4. The van der Waals surface area contributed by atoms with Crippen LogP contribution in [0.1, 0.15) is 23.8 Å². The molecule has 1 unspecified atom stereocenters. The third kappa shape index (κ3) is 1.37. The molecule has 1 saturated carbocycles. The fourth-order valence-electron chi connectivity index (χ4n) is 1.75. The highest BCUT2D eigenvalue weighted by atomic mass is 32.1. The number of thiophene rings is 1. The Morgan fingerprint density at radius 2 is 2.46 bits per heavy atom. The summed E-state index contributed by atoms with van der Waals surface area (Å²) in [7, 11) is 1.93. The fourth-order valence-corrected chi connectivity index (χ4v) is 2.70. The zero-order chi connectivity index (χ0) is 9.31. The van der Waals surface area contributed by atoms with Gasteiger partial charge in [0.25, 0.3) is 0 Å². The van der Waals surface area contributed by atoms with E-state index in [1.807, 2.05) is 13.1 Å². The quantitative estimate of drug-likeness (QED) is 0.797. The van der Waals surface area contributed by atoms with Crippen molar-refractivity contribution < 1.29 is 0 Å². The molecule has 2 rings (SSSR count). The number of hydrogen-bond acceptors (Lipinski definition) is 3. The molecule has 1 atom stereocenters. The summed E-state index contributed by atoms with van der Waals surface area (Å²) in [4.78, 5) is 1.28. The van der Waals surface area contributed by atoms with Gasteiger partial charge in [0.15, 0.2) is 0 Å². The van der Waals surface area contributed by atoms with Crippen LogP contribution in [0.25, 0.3) is 0 Å². The van der Waals surface area contributed by atoms with Crippen molar-refractivity contribution in [2.24, 2.45) is 5.41 Å². The van der Waals surface area contributed by atoms with Crippen LogP contribution in [0.4, 0.5) is 0 Å². The third-order valence-electron chi connectivity index (χ3n) is 2.68. The first-order valence-electron chi connectivity index (χ1n) is 4.44. The van der Waals surface area contributed by atoms with Crippen molar-refractivity contribution in [1.82, 2.24) is 5.32 Å². The molecule has 0 radical (unpaired) electrons. The largest absolute Gasteiger partial charge is 0.311 e. The molecule has 1 aromatic rings. The molecule has 13 heavy (non-hydrogen) atoms. The van der Waals surface area contributed by atoms with Crippen molar-refractivity contribution in [1.29, 1.82) is 5.26 Å². The molecule has 3 heteroatoms. The van der Waals surface area contributed by atoms with Crippen molar-refractivity contribution in [3.05, 3.63) is 22.4 Å². The number of nitrogens with one attached hydrogen (secondary N) is 1. The van der Waals surface area contributed by atoms with Crippen molar-refractivity contribution in [3.8, 4) is 6.07 Å². The summed E-state index contributed by atoms with van der Waals surface area (Å²) in [6.07, 6.45) is 2.07. The van der Waals surface area contributed by atoms with Crippen LogP contribution < -0.4 is 5.32 Å². The summed E-state index contributed by atoms with van der Waals surface area (Å²) in [6, 6.07) is 6.81. The predicted octanol–water partition coefficient (Wildman–Crippen LogP) is 2.31. The van der Waals surface area contributed by atoms with Crippen molar-refractivity contribution >= 4 is 11.3 Å².